The van der Waals surface area contributed by atoms with E-state index in [1.54, 1.807) is 24.3 Å². The summed E-state index contributed by atoms with van der Waals surface area (Å²) in [5.74, 6) is 0. The van der Waals surface area contributed by atoms with Gasteiger partial charge in [0, 0.05) is 16.8 Å². The molecule has 0 bridgehead atoms. The lowest BCUT2D eigenvalue weighted by molar-refractivity contribution is 1.20. The summed E-state index contributed by atoms with van der Waals surface area (Å²) in [4.78, 5) is 4.24. The zero-order valence-corrected chi connectivity index (χ0v) is 11.4. The minimum absolute atomic E-state index is 0.214. The van der Waals surface area contributed by atoms with Gasteiger partial charge in [-0.15, -0.1) is 0 Å². The lowest BCUT2D eigenvalue weighted by atomic mass is 10.0. The van der Waals surface area contributed by atoms with E-state index in [1.165, 1.54) is 6.20 Å². The van der Waals surface area contributed by atoms with Crippen LogP contribution in [-0.2, 0) is 6.42 Å². The molecule has 0 saturated carbocycles. The molecule has 90 valence electrons. The number of aromatic nitrogens is 1. The molecule has 2 aromatic rings. The molecule has 1 aromatic carbocycles. The Morgan fingerprint density at radius 3 is 2.61 bits per heavy atom. The van der Waals surface area contributed by atoms with E-state index in [1.807, 2.05) is 0 Å². The maximum atomic E-state index is 8.83. The molecule has 0 saturated heterocycles. The lowest BCUT2D eigenvalue weighted by Crippen LogP contribution is -1.93. The van der Waals surface area contributed by atoms with Gasteiger partial charge in [0.1, 0.15) is 0 Å². The number of hydrogen-bond donors (Lipinski definition) is 0. The minimum atomic E-state index is 0.214. The molecule has 0 spiro atoms. The van der Waals surface area contributed by atoms with Crippen LogP contribution >= 0.6 is 34.8 Å². The van der Waals surface area contributed by atoms with Crippen molar-refractivity contribution in [2.24, 2.45) is 0 Å². The Labute approximate surface area is 120 Å². The minimum Gasteiger partial charge on any atom is -0.254 e. The largest absolute Gasteiger partial charge is 0.254 e. The van der Waals surface area contributed by atoms with Crippen molar-refractivity contribution >= 4 is 34.8 Å². The normalized spacial score (nSPS) is 10.1. The summed E-state index contributed by atoms with van der Waals surface area (Å²) >= 11 is 18.0. The summed E-state index contributed by atoms with van der Waals surface area (Å²) in [5, 5.41) is 10.4. The lowest BCUT2D eigenvalue weighted by Gasteiger charge is -2.09. The Balaban J connectivity index is 2.63. The van der Waals surface area contributed by atoms with Gasteiger partial charge in [-0.3, -0.25) is 4.98 Å². The van der Waals surface area contributed by atoms with Crippen molar-refractivity contribution in [3.05, 3.63) is 51.1 Å². The van der Waals surface area contributed by atoms with Gasteiger partial charge < -0.3 is 0 Å². The van der Waals surface area contributed by atoms with Crippen LogP contribution < -0.4 is 0 Å². The Morgan fingerprint density at radius 1 is 1.11 bits per heavy atom. The van der Waals surface area contributed by atoms with E-state index in [2.05, 4.69) is 11.1 Å². The van der Waals surface area contributed by atoms with Crippen molar-refractivity contribution in [2.75, 3.05) is 0 Å². The average molecular weight is 298 g/mol. The smallest absolute Gasteiger partial charge is 0.0761 e. The Morgan fingerprint density at radius 2 is 1.89 bits per heavy atom. The number of nitrogens with zero attached hydrogens (tertiary/aromatic N) is 2. The van der Waals surface area contributed by atoms with Crippen LogP contribution in [0, 0.1) is 11.3 Å². The highest BCUT2D eigenvalue weighted by Gasteiger charge is 2.11. The van der Waals surface area contributed by atoms with Crippen LogP contribution in [0.4, 0.5) is 0 Å². The topological polar surface area (TPSA) is 36.7 Å². The van der Waals surface area contributed by atoms with E-state index in [9.17, 15) is 0 Å². The summed E-state index contributed by atoms with van der Waals surface area (Å²) in [5.41, 5.74) is 2.06. The molecule has 0 amide bonds. The SMILES string of the molecule is N#CCc1cc(Cl)cnc1-c1cc(Cl)ccc1Cl. The molecule has 18 heavy (non-hydrogen) atoms. The molecule has 0 atom stereocenters. The number of hydrogen-bond acceptors (Lipinski definition) is 2. The third-order valence-corrected chi connectivity index (χ3v) is 3.16. The maximum absolute atomic E-state index is 8.83. The highest BCUT2D eigenvalue weighted by Crippen LogP contribution is 2.32. The predicted octanol–water partition coefficient (Wildman–Crippen LogP) is 4.77. The first-order valence-corrected chi connectivity index (χ1v) is 6.22. The van der Waals surface area contributed by atoms with Crippen molar-refractivity contribution in [2.45, 2.75) is 6.42 Å². The standard InChI is InChI=1S/C13H7Cl3N2/c14-9-1-2-12(16)11(6-9)13-8(3-4-17)5-10(15)7-18-13/h1-2,5-7H,3H2. The monoisotopic (exact) mass is 296 g/mol. The fraction of sp³-hybridized carbons (Fsp3) is 0.0769. The van der Waals surface area contributed by atoms with Crippen LogP contribution in [0.2, 0.25) is 15.1 Å². The number of halogens is 3. The van der Waals surface area contributed by atoms with Gasteiger partial charge in [-0.05, 0) is 29.8 Å². The van der Waals surface area contributed by atoms with E-state index in [-0.39, 0.29) is 6.42 Å². The molecule has 0 unspecified atom stereocenters. The Kier molecular flexibility index (Phi) is 4.08. The predicted molar refractivity (Wildman–Crippen MR) is 74.0 cm³/mol. The van der Waals surface area contributed by atoms with Gasteiger partial charge in [0.25, 0.3) is 0 Å². The Hall–Kier alpha value is -1.27. The molecule has 1 heterocycles. The molecule has 0 aliphatic rings. The zero-order valence-electron chi connectivity index (χ0n) is 9.12. The highest BCUT2D eigenvalue weighted by atomic mass is 35.5. The van der Waals surface area contributed by atoms with Gasteiger partial charge in [-0.1, -0.05) is 34.8 Å². The van der Waals surface area contributed by atoms with Crippen LogP contribution in [0.3, 0.4) is 0 Å². The number of nitriles is 1. The second-order valence-corrected chi connectivity index (χ2v) is 4.90. The molecule has 5 heteroatoms. The van der Waals surface area contributed by atoms with Crippen LogP contribution in [0.25, 0.3) is 11.3 Å². The van der Waals surface area contributed by atoms with Crippen molar-refractivity contribution in [1.29, 1.82) is 5.26 Å². The third-order valence-electron chi connectivity index (χ3n) is 2.39. The van der Waals surface area contributed by atoms with Gasteiger partial charge >= 0.3 is 0 Å². The third kappa shape index (κ3) is 2.76. The molecule has 0 radical (unpaired) electrons. The van der Waals surface area contributed by atoms with Crippen LogP contribution in [0.1, 0.15) is 5.56 Å². The fourth-order valence-electron chi connectivity index (χ4n) is 1.62. The summed E-state index contributed by atoms with van der Waals surface area (Å²) in [6.07, 6.45) is 1.74. The van der Waals surface area contributed by atoms with Gasteiger partial charge in [-0.2, -0.15) is 5.26 Å². The second kappa shape index (κ2) is 5.58. The molecular formula is C13H7Cl3N2. The van der Waals surface area contributed by atoms with Crippen molar-refractivity contribution in [3.63, 3.8) is 0 Å². The number of pyridine rings is 1. The van der Waals surface area contributed by atoms with E-state index >= 15 is 0 Å². The summed E-state index contributed by atoms with van der Waals surface area (Å²) in [6.45, 7) is 0. The summed E-state index contributed by atoms with van der Waals surface area (Å²) < 4.78 is 0. The molecule has 0 fully saturated rings. The van der Waals surface area contributed by atoms with Gasteiger partial charge in [0.15, 0.2) is 0 Å². The Bertz CT molecular complexity index is 633. The fourth-order valence-corrected chi connectivity index (χ4v) is 2.18. The van der Waals surface area contributed by atoms with Crippen LogP contribution in [-0.4, -0.2) is 4.98 Å². The summed E-state index contributed by atoms with van der Waals surface area (Å²) in [6, 6.07) is 8.92. The van der Waals surface area contributed by atoms with Gasteiger partial charge in [0.05, 0.1) is 28.2 Å². The molecule has 2 rings (SSSR count). The van der Waals surface area contributed by atoms with Gasteiger partial charge in [-0.25, -0.2) is 0 Å². The number of benzene rings is 1. The van der Waals surface area contributed by atoms with E-state index in [0.717, 1.165) is 5.56 Å². The van der Waals surface area contributed by atoms with E-state index in [4.69, 9.17) is 40.1 Å². The molecule has 0 N–H and O–H groups in total. The van der Waals surface area contributed by atoms with Gasteiger partial charge in [0.2, 0.25) is 0 Å². The quantitative estimate of drug-likeness (QED) is 0.800. The van der Waals surface area contributed by atoms with Crippen molar-refractivity contribution in [3.8, 4) is 17.3 Å². The van der Waals surface area contributed by atoms with Crippen molar-refractivity contribution < 1.29 is 0 Å². The van der Waals surface area contributed by atoms with E-state index < -0.39 is 0 Å². The second-order valence-electron chi connectivity index (χ2n) is 3.62. The summed E-state index contributed by atoms with van der Waals surface area (Å²) in [7, 11) is 0. The first-order chi connectivity index (χ1) is 8.61. The molecular weight excluding hydrogens is 291 g/mol. The molecule has 1 aromatic heterocycles. The zero-order chi connectivity index (χ0) is 13.1. The van der Waals surface area contributed by atoms with Crippen LogP contribution in [0.15, 0.2) is 30.5 Å². The van der Waals surface area contributed by atoms with Crippen LogP contribution in [0.5, 0.6) is 0 Å². The first-order valence-electron chi connectivity index (χ1n) is 5.08. The van der Waals surface area contributed by atoms with Crippen molar-refractivity contribution in [1.82, 2.24) is 4.98 Å². The highest BCUT2D eigenvalue weighted by molar-refractivity contribution is 6.35. The number of rotatable bonds is 2. The average Bonchev–Trinajstić information content (AvgIpc) is 2.33. The molecule has 0 aliphatic heterocycles. The van der Waals surface area contributed by atoms with E-state index in [0.29, 0.717) is 26.3 Å². The molecule has 0 aliphatic carbocycles. The first kappa shape index (κ1) is 13.2. The molecule has 2 nitrogen and oxygen atoms in total. The maximum Gasteiger partial charge on any atom is 0.0761 e.